The fourth-order valence-corrected chi connectivity index (χ4v) is 2.57. The predicted octanol–water partition coefficient (Wildman–Crippen LogP) is 0.953. The Kier molecular flexibility index (Phi) is 9.89. The first-order valence-corrected chi connectivity index (χ1v) is 9.62. The molecular formula is C20H26N3O5P. The highest BCUT2D eigenvalue weighted by Crippen LogP contribution is 2.15. The van der Waals surface area contributed by atoms with Crippen LogP contribution < -0.4 is 15.5 Å². The van der Waals surface area contributed by atoms with E-state index in [1.54, 1.807) is 45.0 Å². The maximum atomic E-state index is 12.3. The average Bonchev–Trinajstić information content (AvgIpc) is 2.66. The van der Waals surface area contributed by atoms with Crippen molar-refractivity contribution < 1.29 is 24.0 Å². The minimum absolute atomic E-state index is 0.0171. The highest BCUT2D eigenvalue weighted by molar-refractivity contribution is 7.40. The molecule has 2 unspecified atom stereocenters. The van der Waals surface area contributed by atoms with E-state index < -0.39 is 17.9 Å². The Bertz CT molecular complexity index is 790. The second kappa shape index (κ2) is 11.9. The summed E-state index contributed by atoms with van der Waals surface area (Å²) in [6.45, 7) is 5.13. The van der Waals surface area contributed by atoms with Crippen molar-refractivity contribution >= 4 is 44.6 Å². The van der Waals surface area contributed by atoms with Crippen LogP contribution in [0.15, 0.2) is 36.4 Å². The van der Waals surface area contributed by atoms with Gasteiger partial charge in [0, 0.05) is 0 Å². The smallest absolute Gasteiger partial charge is 0.257 e. The number of imide groups is 1. The van der Waals surface area contributed by atoms with E-state index in [9.17, 15) is 24.0 Å². The van der Waals surface area contributed by atoms with Crippen LogP contribution in [-0.2, 0) is 30.4 Å². The van der Waals surface area contributed by atoms with Crippen molar-refractivity contribution in [2.45, 2.75) is 33.2 Å². The lowest BCUT2D eigenvalue weighted by Gasteiger charge is -2.21. The number of rotatable bonds is 10. The van der Waals surface area contributed by atoms with Crippen LogP contribution in [0.5, 0.6) is 0 Å². The van der Waals surface area contributed by atoms with E-state index in [0.717, 1.165) is 4.90 Å². The van der Waals surface area contributed by atoms with Crippen LogP contribution >= 0.6 is 9.24 Å². The molecule has 0 aromatic heterocycles. The first kappa shape index (κ1) is 24.2. The molecule has 0 aliphatic heterocycles. The molecule has 1 aromatic carbocycles. The highest BCUT2D eigenvalue weighted by Gasteiger charge is 2.24. The number of anilines is 1. The maximum Gasteiger partial charge on any atom is 0.257 e. The molecule has 0 spiro atoms. The summed E-state index contributed by atoms with van der Waals surface area (Å²) in [5.41, 5.74) is 0.775. The monoisotopic (exact) mass is 419 g/mol. The SMILES string of the molecule is C/C=C\C(=O)N(C=O)c1ccc(CC(=O)NC(C(=O)NCC(=O)P)C(C)C)cc1. The van der Waals surface area contributed by atoms with Gasteiger partial charge in [-0.15, -0.1) is 0 Å². The van der Waals surface area contributed by atoms with Gasteiger partial charge in [-0.3, -0.25) is 24.0 Å². The van der Waals surface area contributed by atoms with Crippen LogP contribution in [0.1, 0.15) is 26.3 Å². The van der Waals surface area contributed by atoms with Crippen molar-refractivity contribution in [1.29, 1.82) is 0 Å². The molecule has 156 valence electrons. The molecule has 2 atom stereocenters. The average molecular weight is 419 g/mol. The molecule has 0 saturated heterocycles. The van der Waals surface area contributed by atoms with Crippen molar-refractivity contribution in [3.8, 4) is 0 Å². The first-order valence-electron chi connectivity index (χ1n) is 9.05. The molecule has 0 fully saturated rings. The Morgan fingerprint density at radius 2 is 1.76 bits per heavy atom. The van der Waals surface area contributed by atoms with Gasteiger partial charge in [0.1, 0.15) is 6.04 Å². The number of amides is 4. The van der Waals surface area contributed by atoms with Gasteiger partial charge in [-0.2, -0.15) is 0 Å². The number of nitrogens with one attached hydrogen (secondary N) is 2. The van der Waals surface area contributed by atoms with E-state index in [1.165, 1.54) is 12.2 Å². The fourth-order valence-electron chi connectivity index (χ4n) is 2.47. The van der Waals surface area contributed by atoms with E-state index in [2.05, 4.69) is 10.6 Å². The lowest BCUT2D eigenvalue weighted by molar-refractivity contribution is -0.130. The van der Waals surface area contributed by atoms with Gasteiger partial charge in [-0.25, -0.2) is 4.90 Å². The largest absolute Gasteiger partial charge is 0.347 e. The van der Waals surface area contributed by atoms with Crippen molar-refractivity contribution in [3.05, 3.63) is 42.0 Å². The third kappa shape index (κ3) is 7.95. The summed E-state index contributed by atoms with van der Waals surface area (Å²) >= 11 is 0. The molecular weight excluding hydrogens is 393 g/mol. The number of carbonyl (C=O) groups excluding carboxylic acids is 5. The quantitative estimate of drug-likeness (QED) is 0.333. The van der Waals surface area contributed by atoms with Gasteiger partial charge < -0.3 is 10.6 Å². The fraction of sp³-hybridized carbons (Fsp3) is 0.350. The van der Waals surface area contributed by atoms with Crippen LogP contribution in [0.25, 0.3) is 0 Å². The maximum absolute atomic E-state index is 12.3. The van der Waals surface area contributed by atoms with Gasteiger partial charge in [0.05, 0.1) is 18.7 Å². The lowest BCUT2D eigenvalue weighted by atomic mass is 10.0. The van der Waals surface area contributed by atoms with Gasteiger partial charge in [-0.1, -0.05) is 41.3 Å². The second-order valence-corrected chi connectivity index (χ2v) is 7.27. The molecule has 8 nitrogen and oxygen atoms in total. The molecule has 2 N–H and O–H groups in total. The zero-order chi connectivity index (χ0) is 22.0. The summed E-state index contributed by atoms with van der Waals surface area (Å²) in [7, 11) is 1.97. The van der Waals surface area contributed by atoms with Crippen LogP contribution in [-0.4, -0.2) is 42.2 Å². The van der Waals surface area contributed by atoms with Crippen LogP contribution in [0.2, 0.25) is 0 Å². The first-order chi connectivity index (χ1) is 13.7. The van der Waals surface area contributed by atoms with Gasteiger partial charge in [0.15, 0.2) is 5.52 Å². The van der Waals surface area contributed by atoms with E-state index in [1.807, 2.05) is 9.24 Å². The van der Waals surface area contributed by atoms with Gasteiger partial charge in [0.25, 0.3) is 5.91 Å². The number of hydrogen-bond acceptors (Lipinski definition) is 5. The van der Waals surface area contributed by atoms with E-state index >= 15 is 0 Å². The molecule has 29 heavy (non-hydrogen) atoms. The second-order valence-electron chi connectivity index (χ2n) is 6.63. The Labute approximate surface area is 172 Å². The normalized spacial score (nSPS) is 11.8. The summed E-state index contributed by atoms with van der Waals surface area (Å²) in [5, 5.41) is 5.15. The lowest BCUT2D eigenvalue weighted by Crippen LogP contribution is -2.50. The molecule has 0 radical (unpaired) electrons. The van der Waals surface area contributed by atoms with Crippen molar-refractivity contribution in [2.24, 2.45) is 5.92 Å². The number of benzene rings is 1. The molecule has 1 aromatic rings. The number of carbonyl (C=O) groups is 5. The van der Waals surface area contributed by atoms with Crippen LogP contribution in [0, 0.1) is 5.92 Å². The van der Waals surface area contributed by atoms with Gasteiger partial charge in [0.2, 0.25) is 18.2 Å². The Balaban J connectivity index is 2.77. The van der Waals surface area contributed by atoms with Gasteiger partial charge >= 0.3 is 0 Å². The van der Waals surface area contributed by atoms with Crippen LogP contribution in [0.4, 0.5) is 5.69 Å². The molecule has 0 bridgehead atoms. The number of hydrogen-bond donors (Lipinski definition) is 2. The molecule has 9 heteroatoms. The summed E-state index contributed by atoms with van der Waals surface area (Å²) in [6.07, 6.45) is 3.25. The standard InChI is InChI=1S/C20H26N3O5P/c1-4-5-17(26)23(12-24)15-8-6-14(7-9-15)10-16(25)22-19(13(2)3)20(28)21-11-18(27)29/h4-9,12-13,19H,10-11,29H2,1-3H3,(H,21,28)(H,22,25)/b5-4-. The zero-order valence-corrected chi connectivity index (χ0v) is 17.8. The molecule has 4 amide bonds. The van der Waals surface area contributed by atoms with Crippen LogP contribution in [0.3, 0.4) is 0 Å². The third-order valence-corrected chi connectivity index (χ3v) is 4.14. The summed E-state index contributed by atoms with van der Waals surface area (Å²) in [4.78, 5) is 59.5. The Morgan fingerprint density at radius 1 is 1.14 bits per heavy atom. The summed E-state index contributed by atoms with van der Waals surface area (Å²) in [6, 6.07) is 5.62. The van der Waals surface area contributed by atoms with E-state index in [-0.39, 0.29) is 30.3 Å². The molecule has 0 aliphatic rings. The van der Waals surface area contributed by atoms with Crippen molar-refractivity contribution in [3.63, 3.8) is 0 Å². The minimum atomic E-state index is -0.768. The van der Waals surface area contributed by atoms with Crippen molar-refractivity contribution in [1.82, 2.24) is 10.6 Å². The van der Waals surface area contributed by atoms with E-state index in [0.29, 0.717) is 17.7 Å². The molecule has 0 heterocycles. The van der Waals surface area contributed by atoms with Crippen molar-refractivity contribution in [2.75, 3.05) is 11.4 Å². The molecule has 0 saturated carbocycles. The predicted molar refractivity (Wildman–Crippen MR) is 113 cm³/mol. The summed E-state index contributed by atoms with van der Waals surface area (Å²) in [5.74, 6) is -1.42. The molecule has 1 rings (SSSR count). The topological polar surface area (TPSA) is 113 Å². The Morgan fingerprint density at radius 3 is 2.24 bits per heavy atom. The number of allylic oxidation sites excluding steroid dienone is 1. The minimum Gasteiger partial charge on any atom is -0.347 e. The van der Waals surface area contributed by atoms with E-state index in [4.69, 9.17) is 0 Å². The molecule has 0 aliphatic carbocycles. The Hall–Kier alpha value is -2.86. The summed E-state index contributed by atoms with van der Waals surface area (Å²) < 4.78 is 0. The highest BCUT2D eigenvalue weighted by atomic mass is 31.0. The number of nitrogens with zero attached hydrogens (tertiary/aromatic N) is 1. The third-order valence-electron chi connectivity index (χ3n) is 3.93. The zero-order valence-electron chi connectivity index (χ0n) is 16.7. The van der Waals surface area contributed by atoms with Gasteiger partial charge in [-0.05, 0) is 36.6 Å².